The fraction of sp³-hybridized carbons (Fsp3) is 0.385. The SMILES string of the molecule is C#CCC(CC)NCc1ccnc(C#N)c1. The number of hydrogen-bond donors (Lipinski definition) is 1. The molecule has 0 aromatic carbocycles. The van der Waals surface area contributed by atoms with Gasteiger partial charge in [-0.15, -0.1) is 12.3 Å². The second kappa shape index (κ2) is 6.61. The molecule has 3 nitrogen and oxygen atoms in total. The zero-order valence-corrected chi connectivity index (χ0v) is 9.40. The second-order valence-electron chi connectivity index (χ2n) is 3.56. The number of nitriles is 1. The van der Waals surface area contributed by atoms with Crippen molar-refractivity contribution in [2.75, 3.05) is 0 Å². The lowest BCUT2D eigenvalue weighted by molar-refractivity contribution is 0.506. The van der Waals surface area contributed by atoms with Crippen LogP contribution in [0.15, 0.2) is 18.3 Å². The van der Waals surface area contributed by atoms with Crippen LogP contribution in [0.2, 0.25) is 0 Å². The Bertz CT molecular complexity index is 412. The van der Waals surface area contributed by atoms with E-state index < -0.39 is 0 Å². The van der Waals surface area contributed by atoms with Gasteiger partial charge in [-0.3, -0.25) is 0 Å². The topological polar surface area (TPSA) is 48.7 Å². The summed E-state index contributed by atoms with van der Waals surface area (Å²) in [7, 11) is 0. The van der Waals surface area contributed by atoms with Crippen molar-refractivity contribution in [2.24, 2.45) is 0 Å². The van der Waals surface area contributed by atoms with Crippen molar-refractivity contribution in [2.45, 2.75) is 32.4 Å². The summed E-state index contributed by atoms with van der Waals surface area (Å²) >= 11 is 0. The van der Waals surface area contributed by atoms with E-state index >= 15 is 0 Å². The highest BCUT2D eigenvalue weighted by Gasteiger charge is 2.03. The average Bonchev–Trinajstić information content (AvgIpc) is 2.34. The molecule has 0 spiro atoms. The van der Waals surface area contributed by atoms with Crippen molar-refractivity contribution in [1.82, 2.24) is 10.3 Å². The van der Waals surface area contributed by atoms with Crippen molar-refractivity contribution < 1.29 is 0 Å². The van der Waals surface area contributed by atoms with Gasteiger partial charge in [0.05, 0.1) is 0 Å². The highest BCUT2D eigenvalue weighted by Crippen LogP contribution is 2.03. The van der Waals surface area contributed by atoms with Gasteiger partial charge in [0.1, 0.15) is 11.8 Å². The van der Waals surface area contributed by atoms with Crippen LogP contribution in [-0.2, 0) is 6.54 Å². The summed E-state index contributed by atoms with van der Waals surface area (Å²) in [6.07, 6.45) is 8.66. The normalized spacial score (nSPS) is 11.4. The molecule has 0 aliphatic heterocycles. The molecule has 1 N–H and O–H groups in total. The molecular formula is C13H15N3. The maximum Gasteiger partial charge on any atom is 0.140 e. The molecule has 1 aromatic rings. The second-order valence-corrected chi connectivity index (χ2v) is 3.56. The van der Waals surface area contributed by atoms with Gasteiger partial charge in [0, 0.05) is 25.2 Å². The molecule has 0 aliphatic rings. The molecule has 3 heteroatoms. The molecule has 0 aliphatic carbocycles. The van der Waals surface area contributed by atoms with Crippen LogP contribution >= 0.6 is 0 Å². The Morgan fingerprint density at radius 1 is 1.62 bits per heavy atom. The summed E-state index contributed by atoms with van der Waals surface area (Å²) in [6.45, 7) is 2.82. The zero-order chi connectivity index (χ0) is 11.8. The molecule has 1 rings (SSSR count). The van der Waals surface area contributed by atoms with Crippen molar-refractivity contribution >= 4 is 0 Å². The molecule has 0 bridgehead atoms. The predicted octanol–water partition coefficient (Wildman–Crippen LogP) is 1.84. The lowest BCUT2D eigenvalue weighted by Crippen LogP contribution is -2.27. The molecule has 0 radical (unpaired) electrons. The fourth-order valence-corrected chi connectivity index (χ4v) is 1.41. The summed E-state index contributed by atoms with van der Waals surface area (Å²) in [5.74, 6) is 2.65. The fourth-order valence-electron chi connectivity index (χ4n) is 1.41. The molecule has 0 amide bonds. The molecule has 0 saturated carbocycles. The van der Waals surface area contributed by atoms with Gasteiger partial charge < -0.3 is 5.32 Å². The van der Waals surface area contributed by atoms with Crippen molar-refractivity contribution in [1.29, 1.82) is 5.26 Å². The Morgan fingerprint density at radius 2 is 2.44 bits per heavy atom. The van der Waals surface area contributed by atoms with Gasteiger partial charge in [-0.25, -0.2) is 4.98 Å². The zero-order valence-electron chi connectivity index (χ0n) is 9.40. The first-order chi connectivity index (χ1) is 7.80. The Kier molecular flexibility index (Phi) is 5.05. The predicted molar refractivity (Wildman–Crippen MR) is 63.3 cm³/mol. The van der Waals surface area contributed by atoms with E-state index in [4.69, 9.17) is 11.7 Å². The molecule has 1 aromatic heterocycles. The van der Waals surface area contributed by atoms with Gasteiger partial charge >= 0.3 is 0 Å². The Labute approximate surface area is 96.5 Å². The van der Waals surface area contributed by atoms with Gasteiger partial charge in [0.25, 0.3) is 0 Å². The smallest absolute Gasteiger partial charge is 0.140 e. The molecule has 82 valence electrons. The molecule has 0 saturated heterocycles. The van der Waals surface area contributed by atoms with Crippen LogP contribution in [0.1, 0.15) is 31.0 Å². The average molecular weight is 213 g/mol. The van der Waals surface area contributed by atoms with Crippen molar-refractivity contribution in [3.8, 4) is 18.4 Å². The quantitative estimate of drug-likeness (QED) is 0.759. The maximum atomic E-state index is 8.71. The number of hydrogen-bond acceptors (Lipinski definition) is 3. The van der Waals surface area contributed by atoms with Gasteiger partial charge in [0.2, 0.25) is 0 Å². The number of aromatic nitrogens is 1. The molecule has 16 heavy (non-hydrogen) atoms. The summed E-state index contributed by atoms with van der Waals surface area (Å²) in [5, 5.41) is 12.1. The summed E-state index contributed by atoms with van der Waals surface area (Å²) in [4.78, 5) is 3.92. The van der Waals surface area contributed by atoms with Gasteiger partial charge in [-0.2, -0.15) is 5.26 Å². The lowest BCUT2D eigenvalue weighted by Gasteiger charge is -2.13. The van der Waals surface area contributed by atoms with Crippen LogP contribution in [0.4, 0.5) is 0 Å². The van der Waals surface area contributed by atoms with E-state index in [-0.39, 0.29) is 0 Å². The minimum atomic E-state index is 0.337. The molecule has 1 atom stereocenters. The van der Waals surface area contributed by atoms with E-state index in [1.54, 1.807) is 12.3 Å². The van der Waals surface area contributed by atoms with Crippen LogP contribution in [0.3, 0.4) is 0 Å². The Balaban J connectivity index is 2.54. The van der Waals surface area contributed by atoms with Crippen molar-refractivity contribution in [3.63, 3.8) is 0 Å². The van der Waals surface area contributed by atoms with E-state index in [1.165, 1.54) is 0 Å². The Morgan fingerprint density at radius 3 is 3.06 bits per heavy atom. The molecule has 0 fully saturated rings. The van der Waals surface area contributed by atoms with E-state index in [0.717, 1.165) is 24.9 Å². The summed E-state index contributed by atoms with van der Waals surface area (Å²) < 4.78 is 0. The number of pyridine rings is 1. The highest BCUT2D eigenvalue weighted by atomic mass is 14.9. The third-order valence-corrected chi connectivity index (χ3v) is 2.39. The van der Waals surface area contributed by atoms with Crippen LogP contribution in [-0.4, -0.2) is 11.0 Å². The minimum Gasteiger partial charge on any atom is -0.309 e. The number of terminal acetylenes is 1. The largest absolute Gasteiger partial charge is 0.309 e. The number of rotatable bonds is 5. The molecule has 1 heterocycles. The summed E-state index contributed by atoms with van der Waals surface area (Å²) in [5.41, 5.74) is 1.51. The Hall–Kier alpha value is -1.84. The van der Waals surface area contributed by atoms with Crippen LogP contribution < -0.4 is 5.32 Å². The van der Waals surface area contributed by atoms with Crippen LogP contribution in [0.25, 0.3) is 0 Å². The first-order valence-corrected chi connectivity index (χ1v) is 5.32. The van der Waals surface area contributed by atoms with Crippen molar-refractivity contribution in [3.05, 3.63) is 29.6 Å². The first kappa shape index (κ1) is 12.2. The van der Waals surface area contributed by atoms with Gasteiger partial charge in [0.15, 0.2) is 0 Å². The van der Waals surface area contributed by atoms with Crippen LogP contribution in [0, 0.1) is 23.7 Å². The number of nitrogens with zero attached hydrogens (tertiary/aromatic N) is 2. The summed E-state index contributed by atoms with van der Waals surface area (Å²) in [6, 6.07) is 6.05. The highest BCUT2D eigenvalue weighted by molar-refractivity contribution is 5.25. The minimum absolute atomic E-state index is 0.337. The standard InChI is InChI=1S/C13H15N3/c1-3-5-12(4-2)16-10-11-6-7-15-13(8-11)9-14/h1,6-8,12,16H,4-5,10H2,2H3. The lowest BCUT2D eigenvalue weighted by atomic mass is 10.1. The first-order valence-electron chi connectivity index (χ1n) is 5.32. The molecule has 1 unspecified atom stereocenters. The van der Waals surface area contributed by atoms with Gasteiger partial charge in [-0.1, -0.05) is 6.92 Å². The number of nitrogens with one attached hydrogen (secondary N) is 1. The third-order valence-electron chi connectivity index (χ3n) is 2.39. The van der Waals surface area contributed by atoms with E-state index in [9.17, 15) is 0 Å². The van der Waals surface area contributed by atoms with E-state index in [1.807, 2.05) is 12.1 Å². The van der Waals surface area contributed by atoms with E-state index in [0.29, 0.717) is 11.7 Å². The monoisotopic (exact) mass is 213 g/mol. The van der Waals surface area contributed by atoms with E-state index in [2.05, 4.69) is 23.1 Å². The van der Waals surface area contributed by atoms with Gasteiger partial charge in [-0.05, 0) is 24.1 Å². The van der Waals surface area contributed by atoms with Crippen LogP contribution in [0.5, 0.6) is 0 Å². The molecular weight excluding hydrogens is 198 g/mol. The maximum absolute atomic E-state index is 8.71. The third kappa shape index (κ3) is 3.73.